The molecule has 6 heteroatoms. The molecule has 1 atom stereocenters. The number of nitrogens with zero attached hydrogens (tertiary/aromatic N) is 3. The van der Waals surface area contributed by atoms with Crippen LogP contribution in [0.15, 0.2) is 24.5 Å². The molecule has 1 aliphatic rings. The summed E-state index contributed by atoms with van der Waals surface area (Å²) < 4.78 is 25.1. The third-order valence-corrected chi connectivity index (χ3v) is 5.72. The summed E-state index contributed by atoms with van der Waals surface area (Å²) in [5.41, 5.74) is 3.09. The Morgan fingerprint density at radius 1 is 1.50 bits per heavy atom. The first-order valence-electron chi connectivity index (χ1n) is 6.78. The van der Waals surface area contributed by atoms with Crippen molar-refractivity contribution in [2.75, 3.05) is 18.6 Å². The Morgan fingerprint density at radius 3 is 2.95 bits per heavy atom. The fourth-order valence-electron chi connectivity index (χ4n) is 2.79. The maximum absolute atomic E-state index is 11.5. The molecule has 2 aromatic rings. The smallest absolute Gasteiger partial charge is 0.151 e. The van der Waals surface area contributed by atoms with Crippen molar-refractivity contribution in [1.82, 2.24) is 14.3 Å². The number of hydrogen-bond donors (Lipinski definition) is 0. The van der Waals surface area contributed by atoms with E-state index < -0.39 is 9.84 Å². The molecule has 0 saturated carbocycles. The van der Waals surface area contributed by atoms with Crippen LogP contribution in [0.5, 0.6) is 0 Å². The van der Waals surface area contributed by atoms with Gasteiger partial charge in [-0.15, -0.1) is 0 Å². The van der Waals surface area contributed by atoms with Gasteiger partial charge in [0.05, 0.1) is 17.2 Å². The molecule has 2 aromatic heterocycles. The highest BCUT2D eigenvalue weighted by Crippen LogP contribution is 2.19. The molecule has 1 saturated heterocycles. The Hall–Kier alpha value is -1.40. The molecule has 3 rings (SSSR count). The van der Waals surface area contributed by atoms with Crippen molar-refractivity contribution in [3.8, 4) is 0 Å². The Kier molecular flexibility index (Phi) is 3.30. The van der Waals surface area contributed by atoms with Crippen LogP contribution in [0.4, 0.5) is 0 Å². The lowest BCUT2D eigenvalue weighted by Crippen LogP contribution is -2.32. The topological polar surface area (TPSA) is 54.7 Å². The van der Waals surface area contributed by atoms with E-state index in [1.807, 2.05) is 42.9 Å². The normalized spacial score (nSPS) is 21.9. The second-order valence-electron chi connectivity index (χ2n) is 5.63. The number of rotatable bonds is 3. The van der Waals surface area contributed by atoms with Crippen LogP contribution < -0.4 is 0 Å². The first kappa shape index (κ1) is 13.6. The minimum Gasteiger partial charge on any atom is -0.307 e. The van der Waals surface area contributed by atoms with Crippen molar-refractivity contribution >= 4 is 15.5 Å². The van der Waals surface area contributed by atoms with Gasteiger partial charge in [0.15, 0.2) is 9.84 Å². The lowest BCUT2D eigenvalue weighted by atomic mass is 10.2. The van der Waals surface area contributed by atoms with Crippen molar-refractivity contribution in [3.63, 3.8) is 0 Å². The summed E-state index contributed by atoms with van der Waals surface area (Å²) in [5, 5.41) is 0. The van der Waals surface area contributed by atoms with Gasteiger partial charge >= 0.3 is 0 Å². The van der Waals surface area contributed by atoms with E-state index in [1.54, 1.807) is 0 Å². The van der Waals surface area contributed by atoms with Crippen molar-refractivity contribution < 1.29 is 8.42 Å². The second kappa shape index (κ2) is 4.86. The van der Waals surface area contributed by atoms with E-state index in [0.717, 1.165) is 23.3 Å². The molecule has 1 aliphatic heterocycles. The van der Waals surface area contributed by atoms with Gasteiger partial charge < -0.3 is 4.40 Å². The average molecular weight is 293 g/mol. The van der Waals surface area contributed by atoms with Crippen LogP contribution in [0.2, 0.25) is 0 Å². The molecular formula is C14H19N3O2S. The third-order valence-electron chi connectivity index (χ3n) is 3.97. The van der Waals surface area contributed by atoms with Crippen LogP contribution in [0.25, 0.3) is 5.65 Å². The largest absolute Gasteiger partial charge is 0.307 e. The van der Waals surface area contributed by atoms with Crippen molar-refractivity contribution in [2.45, 2.75) is 25.9 Å². The van der Waals surface area contributed by atoms with Crippen LogP contribution in [0, 0.1) is 6.92 Å². The van der Waals surface area contributed by atoms with E-state index in [0.29, 0.717) is 12.3 Å². The van der Waals surface area contributed by atoms with E-state index in [9.17, 15) is 8.42 Å². The summed E-state index contributed by atoms with van der Waals surface area (Å²) in [6, 6.07) is 4.16. The SMILES string of the molecule is Cc1cccn2cc(CN(C)C3CCS(=O)(=O)C3)nc12. The van der Waals surface area contributed by atoms with Gasteiger partial charge in [0.25, 0.3) is 0 Å². The highest BCUT2D eigenvalue weighted by atomic mass is 32.2. The molecule has 0 N–H and O–H groups in total. The molecule has 0 aliphatic carbocycles. The first-order valence-corrected chi connectivity index (χ1v) is 8.60. The van der Waals surface area contributed by atoms with Gasteiger partial charge in [-0.05, 0) is 32.0 Å². The van der Waals surface area contributed by atoms with E-state index in [4.69, 9.17) is 0 Å². The molecule has 0 radical (unpaired) electrons. The number of sulfone groups is 1. The Labute approximate surface area is 119 Å². The number of aryl methyl sites for hydroxylation is 1. The summed E-state index contributed by atoms with van der Waals surface area (Å²) in [4.78, 5) is 6.73. The molecule has 3 heterocycles. The van der Waals surface area contributed by atoms with Crippen LogP contribution in [0.1, 0.15) is 17.7 Å². The summed E-state index contributed by atoms with van der Waals surface area (Å²) >= 11 is 0. The molecular weight excluding hydrogens is 274 g/mol. The van der Waals surface area contributed by atoms with Gasteiger partial charge in [-0.2, -0.15) is 0 Å². The number of aromatic nitrogens is 2. The van der Waals surface area contributed by atoms with Gasteiger partial charge in [0.2, 0.25) is 0 Å². The Balaban J connectivity index is 1.78. The first-order chi connectivity index (χ1) is 9.44. The molecule has 20 heavy (non-hydrogen) atoms. The molecule has 0 aromatic carbocycles. The molecule has 5 nitrogen and oxygen atoms in total. The number of hydrogen-bond acceptors (Lipinski definition) is 4. The van der Waals surface area contributed by atoms with Crippen LogP contribution in [0.3, 0.4) is 0 Å². The van der Waals surface area contributed by atoms with E-state index in [1.165, 1.54) is 0 Å². The molecule has 1 fully saturated rings. The fraction of sp³-hybridized carbons (Fsp3) is 0.500. The molecule has 0 bridgehead atoms. The van der Waals surface area contributed by atoms with Crippen LogP contribution >= 0.6 is 0 Å². The second-order valence-corrected chi connectivity index (χ2v) is 7.86. The minimum absolute atomic E-state index is 0.117. The van der Waals surface area contributed by atoms with Gasteiger partial charge in [-0.1, -0.05) is 6.07 Å². The summed E-state index contributed by atoms with van der Waals surface area (Å²) in [5.74, 6) is 0.585. The van der Waals surface area contributed by atoms with Crippen molar-refractivity contribution in [3.05, 3.63) is 35.8 Å². The molecule has 1 unspecified atom stereocenters. The van der Waals surface area contributed by atoms with Gasteiger partial charge in [0, 0.05) is 25.0 Å². The molecule has 0 spiro atoms. The predicted octanol–water partition coefficient (Wildman–Crippen LogP) is 1.26. The summed E-state index contributed by atoms with van der Waals surface area (Å²) in [6.07, 6.45) is 4.73. The minimum atomic E-state index is -2.83. The molecule has 108 valence electrons. The van der Waals surface area contributed by atoms with Gasteiger partial charge in [-0.25, -0.2) is 13.4 Å². The van der Waals surface area contributed by atoms with E-state index in [2.05, 4.69) is 9.88 Å². The highest BCUT2D eigenvalue weighted by molar-refractivity contribution is 7.91. The fourth-order valence-corrected chi connectivity index (χ4v) is 4.59. The van der Waals surface area contributed by atoms with Crippen LogP contribution in [-0.2, 0) is 16.4 Å². The Bertz CT molecular complexity index is 736. The van der Waals surface area contributed by atoms with Crippen LogP contribution in [-0.4, -0.2) is 47.3 Å². The monoisotopic (exact) mass is 293 g/mol. The molecule has 0 amide bonds. The standard InChI is InChI=1S/C14H19N3O2S/c1-11-4-3-6-17-9-12(15-14(11)17)8-16(2)13-5-7-20(18,19)10-13/h3-4,6,9,13H,5,7-8,10H2,1-2H3. The van der Waals surface area contributed by atoms with E-state index in [-0.39, 0.29) is 11.8 Å². The van der Waals surface area contributed by atoms with Crippen molar-refractivity contribution in [1.29, 1.82) is 0 Å². The lowest BCUT2D eigenvalue weighted by Gasteiger charge is -2.21. The zero-order valence-electron chi connectivity index (χ0n) is 11.8. The van der Waals surface area contributed by atoms with Gasteiger partial charge in [0.1, 0.15) is 5.65 Å². The maximum atomic E-state index is 11.5. The van der Waals surface area contributed by atoms with Crippen molar-refractivity contribution in [2.24, 2.45) is 0 Å². The van der Waals surface area contributed by atoms with E-state index >= 15 is 0 Å². The maximum Gasteiger partial charge on any atom is 0.151 e. The average Bonchev–Trinajstić information content (AvgIpc) is 2.93. The number of imidazole rings is 1. The number of pyridine rings is 1. The predicted molar refractivity (Wildman–Crippen MR) is 78.5 cm³/mol. The summed E-state index contributed by atoms with van der Waals surface area (Å²) in [6.45, 7) is 2.72. The van der Waals surface area contributed by atoms with Gasteiger partial charge in [-0.3, -0.25) is 4.90 Å². The highest BCUT2D eigenvalue weighted by Gasteiger charge is 2.30. The lowest BCUT2D eigenvalue weighted by molar-refractivity contribution is 0.251. The third kappa shape index (κ3) is 2.58. The Morgan fingerprint density at radius 2 is 2.30 bits per heavy atom. The summed E-state index contributed by atoms with van der Waals surface area (Å²) in [7, 11) is -0.857. The zero-order chi connectivity index (χ0) is 14.3. The zero-order valence-corrected chi connectivity index (χ0v) is 12.6. The quantitative estimate of drug-likeness (QED) is 0.855. The number of fused-ring (bicyclic) bond motifs is 1.